The molecule has 1 aromatic rings. The fraction of sp³-hybridized carbons (Fsp3) is 0.714. The van der Waals surface area contributed by atoms with Crippen LogP contribution in [0.5, 0.6) is 0 Å². The maximum Gasteiger partial charge on any atom is 0.135 e. The van der Waals surface area contributed by atoms with Gasteiger partial charge in [-0.3, -0.25) is 0 Å². The molecule has 106 valence electrons. The van der Waals surface area contributed by atoms with Gasteiger partial charge in [-0.1, -0.05) is 20.8 Å². The number of aromatic nitrogens is 2. The van der Waals surface area contributed by atoms with Gasteiger partial charge in [0.05, 0.1) is 0 Å². The van der Waals surface area contributed by atoms with E-state index in [-0.39, 0.29) is 0 Å². The van der Waals surface area contributed by atoms with Crippen molar-refractivity contribution in [2.75, 3.05) is 35.6 Å². The van der Waals surface area contributed by atoms with E-state index >= 15 is 0 Å². The van der Waals surface area contributed by atoms with Gasteiger partial charge >= 0.3 is 0 Å². The molecule has 2 heterocycles. The maximum absolute atomic E-state index is 4.74. The van der Waals surface area contributed by atoms with Crippen LogP contribution in [0.1, 0.15) is 39.4 Å². The summed E-state index contributed by atoms with van der Waals surface area (Å²) in [5.74, 6) is 4.48. The molecule has 0 saturated carbocycles. The lowest BCUT2D eigenvalue weighted by Crippen LogP contribution is -2.37. The average Bonchev–Trinajstić information content (AvgIpc) is 2.38. The Morgan fingerprint density at radius 3 is 2.89 bits per heavy atom. The summed E-state index contributed by atoms with van der Waals surface area (Å²) in [5.41, 5.74) is 0. The first-order chi connectivity index (χ1) is 9.10. The fourth-order valence-corrected chi connectivity index (χ4v) is 3.18. The van der Waals surface area contributed by atoms with Crippen molar-refractivity contribution in [1.82, 2.24) is 9.97 Å². The Labute approximate surface area is 120 Å². The summed E-state index contributed by atoms with van der Waals surface area (Å²) in [6.07, 6.45) is 0. The van der Waals surface area contributed by atoms with Crippen molar-refractivity contribution in [3.05, 3.63) is 11.9 Å². The molecular weight excluding hydrogens is 256 g/mol. The van der Waals surface area contributed by atoms with Crippen LogP contribution in [0.15, 0.2) is 6.07 Å². The monoisotopic (exact) mass is 280 g/mol. The van der Waals surface area contributed by atoms with E-state index in [1.54, 1.807) is 0 Å². The Hall–Kier alpha value is -0.970. The maximum atomic E-state index is 4.74. The lowest BCUT2D eigenvalue weighted by Gasteiger charge is -2.32. The lowest BCUT2D eigenvalue weighted by atomic mass is 10.2. The standard InChI is InChI=1S/C14H24N4S/c1-5-15-12-8-13(17-14(16-12)10(2)3)18-6-7-19-11(4)9-18/h8,10-11H,5-7,9H2,1-4H3,(H,15,16,17). The molecule has 0 spiro atoms. The molecular formula is C14H24N4S. The van der Waals surface area contributed by atoms with E-state index < -0.39 is 0 Å². The van der Waals surface area contributed by atoms with Crippen molar-refractivity contribution in [3.8, 4) is 0 Å². The third kappa shape index (κ3) is 3.75. The molecule has 0 radical (unpaired) electrons. The first-order valence-corrected chi connectivity index (χ1v) is 8.14. The summed E-state index contributed by atoms with van der Waals surface area (Å²) >= 11 is 2.04. The van der Waals surface area contributed by atoms with E-state index in [4.69, 9.17) is 4.98 Å². The summed E-state index contributed by atoms with van der Waals surface area (Å²) in [7, 11) is 0. The van der Waals surface area contributed by atoms with Gasteiger partial charge in [0, 0.05) is 42.6 Å². The van der Waals surface area contributed by atoms with Crippen molar-refractivity contribution in [1.29, 1.82) is 0 Å². The molecule has 0 aliphatic carbocycles. The summed E-state index contributed by atoms with van der Waals surface area (Å²) in [4.78, 5) is 11.7. The Kier molecular flexibility index (Phi) is 4.91. The van der Waals surface area contributed by atoms with Crippen molar-refractivity contribution in [2.24, 2.45) is 0 Å². The highest BCUT2D eigenvalue weighted by Gasteiger charge is 2.19. The van der Waals surface area contributed by atoms with Crippen LogP contribution in [0.4, 0.5) is 11.6 Å². The molecule has 1 atom stereocenters. The first-order valence-electron chi connectivity index (χ1n) is 7.09. The number of hydrogen-bond acceptors (Lipinski definition) is 5. The molecule has 5 heteroatoms. The lowest BCUT2D eigenvalue weighted by molar-refractivity contribution is 0.735. The summed E-state index contributed by atoms with van der Waals surface area (Å²) in [5, 5.41) is 3.99. The van der Waals surface area contributed by atoms with Crippen molar-refractivity contribution in [2.45, 2.75) is 38.9 Å². The van der Waals surface area contributed by atoms with Crippen LogP contribution in [0.3, 0.4) is 0 Å². The van der Waals surface area contributed by atoms with Crippen LogP contribution >= 0.6 is 11.8 Å². The summed E-state index contributed by atoms with van der Waals surface area (Å²) in [6, 6.07) is 2.08. The summed E-state index contributed by atoms with van der Waals surface area (Å²) in [6.45, 7) is 11.7. The van der Waals surface area contributed by atoms with E-state index in [0.29, 0.717) is 11.2 Å². The number of anilines is 2. The Bertz CT molecular complexity index is 422. The second kappa shape index (κ2) is 6.46. The normalized spacial score (nSPS) is 19.8. The number of nitrogens with one attached hydrogen (secondary N) is 1. The Morgan fingerprint density at radius 1 is 1.47 bits per heavy atom. The highest BCUT2D eigenvalue weighted by atomic mass is 32.2. The highest BCUT2D eigenvalue weighted by molar-refractivity contribution is 8.00. The minimum absolute atomic E-state index is 0.356. The molecule has 0 bridgehead atoms. The average molecular weight is 280 g/mol. The molecule has 1 unspecified atom stereocenters. The minimum atomic E-state index is 0.356. The van der Waals surface area contributed by atoms with Crippen molar-refractivity contribution < 1.29 is 0 Å². The molecule has 1 saturated heterocycles. The van der Waals surface area contributed by atoms with Gasteiger partial charge in [-0.2, -0.15) is 11.8 Å². The quantitative estimate of drug-likeness (QED) is 0.918. The van der Waals surface area contributed by atoms with Crippen molar-refractivity contribution >= 4 is 23.4 Å². The van der Waals surface area contributed by atoms with E-state index in [9.17, 15) is 0 Å². The van der Waals surface area contributed by atoms with E-state index in [2.05, 4.69) is 49.0 Å². The van der Waals surface area contributed by atoms with Crippen molar-refractivity contribution in [3.63, 3.8) is 0 Å². The topological polar surface area (TPSA) is 41.0 Å². The van der Waals surface area contributed by atoms with Gasteiger partial charge in [0.1, 0.15) is 17.5 Å². The SMILES string of the molecule is CCNc1cc(N2CCSC(C)C2)nc(C(C)C)n1. The predicted octanol–water partition coefficient (Wildman–Crippen LogP) is 2.97. The molecule has 2 rings (SSSR count). The van der Waals surface area contributed by atoms with Crippen LogP contribution in [0.25, 0.3) is 0 Å². The zero-order chi connectivity index (χ0) is 13.8. The van der Waals surface area contributed by atoms with Gasteiger partial charge in [0.15, 0.2) is 0 Å². The molecule has 4 nitrogen and oxygen atoms in total. The first kappa shape index (κ1) is 14.4. The van der Waals surface area contributed by atoms with Crippen LogP contribution in [0.2, 0.25) is 0 Å². The molecule has 1 aromatic heterocycles. The predicted molar refractivity (Wildman–Crippen MR) is 84.4 cm³/mol. The Morgan fingerprint density at radius 2 is 2.26 bits per heavy atom. The smallest absolute Gasteiger partial charge is 0.135 e. The van der Waals surface area contributed by atoms with E-state index in [1.807, 2.05) is 11.8 Å². The number of nitrogens with zero attached hydrogens (tertiary/aromatic N) is 3. The zero-order valence-corrected chi connectivity index (χ0v) is 13.1. The molecule has 1 fully saturated rings. The second-order valence-corrected chi connectivity index (χ2v) is 6.83. The third-order valence-corrected chi connectivity index (χ3v) is 4.31. The van der Waals surface area contributed by atoms with Crippen LogP contribution < -0.4 is 10.2 Å². The van der Waals surface area contributed by atoms with Crippen LogP contribution in [-0.4, -0.2) is 40.6 Å². The molecule has 0 aromatic carbocycles. The Balaban J connectivity index is 2.27. The molecule has 1 aliphatic rings. The molecule has 0 amide bonds. The van der Waals surface area contributed by atoms with Gasteiger partial charge in [-0.05, 0) is 6.92 Å². The van der Waals surface area contributed by atoms with Crippen LogP contribution in [-0.2, 0) is 0 Å². The number of thioether (sulfide) groups is 1. The van der Waals surface area contributed by atoms with Gasteiger partial charge in [-0.25, -0.2) is 9.97 Å². The number of hydrogen-bond donors (Lipinski definition) is 1. The third-order valence-electron chi connectivity index (χ3n) is 3.17. The molecule has 1 N–H and O–H groups in total. The summed E-state index contributed by atoms with van der Waals surface area (Å²) < 4.78 is 0. The number of rotatable bonds is 4. The van der Waals surface area contributed by atoms with Gasteiger partial charge in [0.25, 0.3) is 0 Å². The molecule has 19 heavy (non-hydrogen) atoms. The van der Waals surface area contributed by atoms with Gasteiger partial charge in [0.2, 0.25) is 0 Å². The van der Waals surface area contributed by atoms with E-state index in [1.165, 1.54) is 5.75 Å². The fourth-order valence-electron chi connectivity index (χ4n) is 2.17. The largest absolute Gasteiger partial charge is 0.370 e. The van der Waals surface area contributed by atoms with Gasteiger partial charge in [-0.15, -0.1) is 0 Å². The van der Waals surface area contributed by atoms with Crippen LogP contribution in [0, 0.1) is 0 Å². The highest BCUT2D eigenvalue weighted by Crippen LogP contribution is 2.25. The minimum Gasteiger partial charge on any atom is -0.370 e. The zero-order valence-electron chi connectivity index (χ0n) is 12.3. The van der Waals surface area contributed by atoms with Gasteiger partial charge < -0.3 is 10.2 Å². The molecule has 1 aliphatic heterocycles. The second-order valence-electron chi connectivity index (χ2n) is 5.28. The van der Waals surface area contributed by atoms with E-state index in [0.717, 1.165) is 37.1 Å².